The zero-order chi connectivity index (χ0) is 22.9. The first-order valence-electron chi connectivity index (χ1n) is 11.4. The molecule has 1 aromatic heterocycles. The monoisotopic (exact) mass is 476 g/mol. The Hall–Kier alpha value is -2.58. The van der Waals surface area contributed by atoms with Crippen molar-refractivity contribution in [2.45, 2.75) is 37.6 Å². The lowest BCUT2D eigenvalue weighted by Gasteiger charge is -2.29. The molecule has 0 radical (unpaired) electrons. The molecule has 0 amide bonds. The Labute approximate surface area is 205 Å². The Kier molecular flexibility index (Phi) is 6.29. The van der Waals surface area contributed by atoms with E-state index >= 15 is 0 Å². The molecule has 5 rings (SSSR count). The van der Waals surface area contributed by atoms with Gasteiger partial charge < -0.3 is 10.2 Å². The summed E-state index contributed by atoms with van der Waals surface area (Å²) in [4.78, 5) is 11.1. The molecule has 2 unspecified atom stereocenters. The Balaban J connectivity index is 1.48. The molecule has 6 heteroatoms. The number of aromatic nitrogens is 1. The maximum Gasteiger partial charge on any atom is 0.236 e. The molecule has 1 N–H and O–H groups in total. The van der Waals surface area contributed by atoms with E-state index in [2.05, 4.69) is 40.3 Å². The predicted molar refractivity (Wildman–Crippen MR) is 137 cm³/mol. The molecule has 2 aromatic carbocycles. The summed E-state index contributed by atoms with van der Waals surface area (Å²) in [6.07, 6.45) is 6.28. The van der Waals surface area contributed by atoms with Crippen LogP contribution < -0.4 is 5.32 Å². The number of likely N-dealkylation sites (tertiary alicyclic amines) is 1. The summed E-state index contributed by atoms with van der Waals surface area (Å²) >= 11 is 12.5. The number of fused-ring (bicyclic) bond motifs is 3. The fourth-order valence-corrected chi connectivity index (χ4v) is 5.62. The summed E-state index contributed by atoms with van der Waals surface area (Å²) in [6, 6.07) is 14.8. The molecule has 0 bridgehead atoms. The summed E-state index contributed by atoms with van der Waals surface area (Å²) < 4.78 is 0. The fourth-order valence-electron chi connectivity index (χ4n) is 5.32. The van der Waals surface area contributed by atoms with Crippen LogP contribution in [0, 0.1) is 6.57 Å². The highest BCUT2D eigenvalue weighted by Crippen LogP contribution is 2.48. The first-order valence-corrected chi connectivity index (χ1v) is 12.2. The fraction of sp³-hybridized carbons (Fsp3) is 0.333. The van der Waals surface area contributed by atoms with Gasteiger partial charge in [0.25, 0.3) is 0 Å². The van der Waals surface area contributed by atoms with E-state index in [-0.39, 0.29) is 5.92 Å². The first-order chi connectivity index (χ1) is 16.1. The Morgan fingerprint density at radius 1 is 1.18 bits per heavy atom. The van der Waals surface area contributed by atoms with Crippen LogP contribution in [0.15, 0.2) is 48.7 Å². The smallest absolute Gasteiger partial charge is 0.236 e. The molecule has 2 atom stereocenters. The van der Waals surface area contributed by atoms with Gasteiger partial charge in [-0.05, 0) is 79.2 Å². The van der Waals surface area contributed by atoms with Crippen molar-refractivity contribution in [1.82, 2.24) is 9.88 Å². The van der Waals surface area contributed by atoms with Crippen molar-refractivity contribution >= 4 is 34.7 Å². The number of nitrogens with zero attached hydrogens (tertiary/aromatic N) is 3. The average Bonchev–Trinajstić information content (AvgIpc) is 3.24. The lowest BCUT2D eigenvalue weighted by Crippen LogP contribution is -2.27. The number of halogens is 2. The maximum atomic E-state index is 7.97. The average molecular weight is 477 g/mol. The van der Waals surface area contributed by atoms with Crippen LogP contribution in [0.4, 0.5) is 11.5 Å². The highest BCUT2D eigenvalue weighted by Gasteiger charge is 2.29. The van der Waals surface area contributed by atoms with Gasteiger partial charge in [0.05, 0.1) is 16.6 Å². The standard InChI is InChI=1S/C27H26Cl2N4/c1-30-26-25-18(16-32-27(26)31-12-11-19-6-5-13-33(19)2)14-22(20-7-3-4-8-21(20)25)17-9-10-23(28)24(29)15-17/h3-4,7-10,15-16,19,22H,5-6,11-14H2,2H3,(H,31,32). The largest absolute Gasteiger partial charge is 0.379 e. The number of benzene rings is 2. The summed E-state index contributed by atoms with van der Waals surface area (Å²) in [6.45, 7) is 9.96. The van der Waals surface area contributed by atoms with E-state index in [0.717, 1.165) is 41.6 Å². The number of hydrogen-bond donors (Lipinski definition) is 1. The van der Waals surface area contributed by atoms with Crippen molar-refractivity contribution in [3.63, 3.8) is 0 Å². The minimum absolute atomic E-state index is 0.139. The SMILES string of the molecule is [C-]#[N+]c1c(NCCC2CCCN2C)ncc2c1-c1ccccc1C(c1ccc(Cl)c(Cl)c1)C2. The second-order valence-corrected chi connectivity index (χ2v) is 9.79. The molecule has 2 aliphatic rings. The van der Waals surface area contributed by atoms with Crippen molar-refractivity contribution in [3.8, 4) is 11.1 Å². The van der Waals surface area contributed by atoms with Crippen LogP contribution in [0.2, 0.25) is 10.0 Å². The molecule has 33 heavy (non-hydrogen) atoms. The van der Waals surface area contributed by atoms with Gasteiger partial charge in [0.15, 0.2) is 0 Å². The van der Waals surface area contributed by atoms with E-state index in [0.29, 0.717) is 27.6 Å². The van der Waals surface area contributed by atoms with Crippen molar-refractivity contribution in [2.75, 3.05) is 25.5 Å². The molecule has 1 aliphatic heterocycles. The van der Waals surface area contributed by atoms with Crippen LogP contribution in [-0.4, -0.2) is 36.1 Å². The molecule has 1 fully saturated rings. The highest BCUT2D eigenvalue weighted by atomic mass is 35.5. The van der Waals surface area contributed by atoms with Crippen LogP contribution in [0.25, 0.3) is 16.0 Å². The lowest BCUT2D eigenvalue weighted by molar-refractivity contribution is 0.301. The van der Waals surface area contributed by atoms with Crippen molar-refractivity contribution in [3.05, 3.63) is 86.8 Å². The molecule has 1 saturated heterocycles. The molecular formula is C27H26Cl2N4. The molecule has 0 saturated carbocycles. The topological polar surface area (TPSA) is 32.5 Å². The number of nitrogens with one attached hydrogen (secondary N) is 1. The lowest BCUT2D eigenvalue weighted by atomic mass is 9.76. The van der Waals surface area contributed by atoms with E-state index in [1.54, 1.807) is 0 Å². The second-order valence-electron chi connectivity index (χ2n) is 8.98. The first kappa shape index (κ1) is 22.2. The number of rotatable bonds is 5. The third kappa shape index (κ3) is 4.22. The minimum Gasteiger partial charge on any atom is -0.379 e. The number of pyridine rings is 1. The maximum absolute atomic E-state index is 7.97. The highest BCUT2D eigenvalue weighted by molar-refractivity contribution is 6.42. The van der Waals surface area contributed by atoms with E-state index in [4.69, 9.17) is 34.8 Å². The zero-order valence-electron chi connectivity index (χ0n) is 18.6. The second kappa shape index (κ2) is 9.35. The number of hydrogen-bond acceptors (Lipinski definition) is 3. The summed E-state index contributed by atoms with van der Waals surface area (Å²) in [7, 11) is 2.20. The van der Waals surface area contributed by atoms with Crippen molar-refractivity contribution < 1.29 is 0 Å². The summed E-state index contributed by atoms with van der Waals surface area (Å²) in [5.74, 6) is 0.827. The van der Waals surface area contributed by atoms with Crippen LogP contribution in [-0.2, 0) is 6.42 Å². The van der Waals surface area contributed by atoms with Gasteiger partial charge in [-0.2, -0.15) is 0 Å². The van der Waals surface area contributed by atoms with Crippen molar-refractivity contribution in [2.24, 2.45) is 0 Å². The molecule has 168 valence electrons. The molecule has 2 heterocycles. The molecule has 0 spiro atoms. The van der Waals surface area contributed by atoms with Gasteiger partial charge in [-0.1, -0.05) is 53.5 Å². The van der Waals surface area contributed by atoms with E-state index in [1.807, 2.05) is 30.5 Å². The third-order valence-corrected chi connectivity index (χ3v) is 7.80. The van der Waals surface area contributed by atoms with Crippen LogP contribution in [0.3, 0.4) is 0 Å². The van der Waals surface area contributed by atoms with Crippen LogP contribution in [0.5, 0.6) is 0 Å². The van der Waals surface area contributed by atoms with E-state index < -0.39 is 0 Å². The van der Waals surface area contributed by atoms with Gasteiger partial charge in [0.2, 0.25) is 5.69 Å². The molecule has 1 aliphatic carbocycles. The quantitative estimate of drug-likeness (QED) is 0.395. The Morgan fingerprint density at radius 3 is 2.79 bits per heavy atom. The third-order valence-electron chi connectivity index (χ3n) is 7.06. The predicted octanol–water partition coefficient (Wildman–Crippen LogP) is 7.19. The van der Waals surface area contributed by atoms with Gasteiger partial charge in [0, 0.05) is 24.7 Å². The minimum atomic E-state index is 0.139. The molecule has 4 nitrogen and oxygen atoms in total. The number of anilines is 1. The van der Waals surface area contributed by atoms with Crippen LogP contribution in [0.1, 0.15) is 41.9 Å². The van der Waals surface area contributed by atoms with Gasteiger partial charge in [0.1, 0.15) is 5.82 Å². The Bertz CT molecular complexity index is 1230. The summed E-state index contributed by atoms with van der Waals surface area (Å²) in [5, 5.41) is 4.58. The van der Waals surface area contributed by atoms with Crippen LogP contribution >= 0.6 is 23.2 Å². The van der Waals surface area contributed by atoms with E-state index in [9.17, 15) is 0 Å². The zero-order valence-corrected chi connectivity index (χ0v) is 20.1. The van der Waals surface area contributed by atoms with Crippen molar-refractivity contribution in [1.29, 1.82) is 0 Å². The molecule has 3 aromatic rings. The van der Waals surface area contributed by atoms with Gasteiger partial charge in [-0.15, -0.1) is 0 Å². The molecular weight excluding hydrogens is 451 g/mol. The van der Waals surface area contributed by atoms with E-state index in [1.165, 1.54) is 24.9 Å². The summed E-state index contributed by atoms with van der Waals surface area (Å²) in [5.41, 5.74) is 6.14. The van der Waals surface area contributed by atoms with Gasteiger partial charge in [-0.25, -0.2) is 4.85 Å². The normalized spacial score (nSPS) is 19.6. The van der Waals surface area contributed by atoms with Gasteiger partial charge >= 0.3 is 0 Å². The Morgan fingerprint density at radius 2 is 2.03 bits per heavy atom. The van der Waals surface area contributed by atoms with Gasteiger partial charge in [-0.3, -0.25) is 4.98 Å².